The fourth-order valence-corrected chi connectivity index (χ4v) is 11.6. The van der Waals surface area contributed by atoms with E-state index in [9.17, 15) is 0 Å². The first-order chi connectivity index (χ1) is 34.2. The van der Waals surface area contributed by atoms with Gasteiger partial charge in [0.2, 0.25) is 0 Å². The van der Waals surface area contributed by atoms with Crippen molar-refractivity contribution in [1.82, 2.24) is 24.5 Å². The fraction of sp³-hybridized carbons (Fsp3) is 0.0159. The summed E-state index contributed by atoms with van der Waals surface area (Å²) in [7, 11) is 0. The second kappa shape index (κ2) is 14.4. The monoisotopic (exact) mass is 879 g/mol. The van der Waals surface area contributed by atoms with E-state index in [0.29, 0.717) is 17.5 Å². The van der Waals surface area contributed by atoms with Crippen LogP contribution in [0, 0.1) is 0 Å². The number of para-hydroxylation sites is 1. The van der Waals surface area contributed by atoms with E-state index in [1.165, 1.54) is 44.5 Å². The van der Waals surface area contributed by atoms with Gasteiger partial charge in [0.25, 0.3) is 0 Å². The molecule has 69 heavy (non-hydrogen) atoms. The molecule has 6 nitrogen and oxygen atoms in total. The smallest absolute Gasteiger partial charge is 0.164 e. The van der Waals surface area contributed by atoms with Crippen molar-refractivity contribution in [1.29, 1.82) is 0 Å². The zero-order chi connectivity index (χ0) is 45.2. The predicted molar refractivity (Wildman–Crippen MR) is 277 cm³/mol. The average molecular weight is 880 g/mol. The lowest BCUT2D eigenvalue weighted by Crippen LogP contribution is -2.26. The molecular formula is C63H37N5O. The highest BCUT2D eigenvalue weighted by Crippen LogP contribution is 2.64. The molecule has 13 aromatic rings. The standard InChI is InChI=1S/C63H37N5O/c1-4-17-38(18-5-1)60-65-61(39-19-6-2-7-20-39)67-62(66-60)46-26-16-30-55-56(46)48-36-41(32-34-54(48)69-55)40-31-33-53-47(35-40)58-59(68(53)42-21-8-3-9-22-42)57-45-25-12-15-29-51(45)63(52(57)37-64-58)49-27-13-10-23-43(49)44-24-11-14-28-50(44)63/h1-37H. The summed E-state index contributed by atoms with van der Waals surface area (Å²) in [5.41, 5.74) is 20.3. The molecule has 9 aromatic carbocycles. The van der Waals surface area contributed by atoms with Crippen molar-refractivity contribution in [3.8, 4) is 73.2 Å². The predicted octanol–water partition coefficient (Wildman–Crippen LogP) is 15.3. The van der Waals surface area contributed by atoms with Crippen LogP contribution in [0.1, 0.15) is 22.3 Å². The lowest BCUT2D eigenvalue weighted by Gasteiger charge is -2.30. The minimum Gasteiger partial charge on any atom is -0.456 e. The molecule has 0 amide bonds. The minimum atomic E-state index is -0.501. The zero-order valence-corrected chi connectivity index (χ0v) is 37.0. The van der Waals surface area contributed by atoms with Crippen molar-refractivity contribution in [3.05, 3.63) is 247 Å². The molecule has 1 spiro atoms. The van der Waals surface area contributed by atoms with Crippen LogP contribution in [0.3, 0.4) is 0 Å². The van der Waals surface area contributed by atoms with Crippen LogP contribution in [-0.2, 0) is 5.41 Å². The number of hydrogen-bond donors (Lipinski definition) is 0. The molecule has 0 atom stereocenters. The summed E-state index contributed by atoms with van der Waals surface area (Å²) in [5.74, 6) is 1.82. The van der Waals surface area contributed by atoms with E-state index in [-0.39, 0.29) is 0 Å². The number of aromatic nitrogens is 5. The molecule has 0 N–H and O–H groups in total. The third-order valence-corrected chi connectivity index (χ3v) is 14.5. The SMILES string of the molecule is c1ccc(-c2nc(-c3ccccc3)nc(-c3cccc4oc5ccc(-c6ccc7c(c6)c6ncc8c(c6n7-c6ccccc6)-c6ccccc6C86c7ccccc7-c7ccccc76)cc5c34)n2)cc1. The summed E-state index contributed by atoms with van der Waals surface area (Å²) < 4.78 is 9.02. The first-order valence-electron chi connectivity index (χ1n) is 23.4. The van der Waals surface area contributed by atoms with E-state index in [0.717, 1.165) is 77.4 Å². The number of furan rings is 1. The largest absolute Gasteiger partial charge is 0.456 e. The molecule has 0 aliphatic heterocycles. The molecule has 320 valence electrons. The van der Waals surface area contributed by atoms with Crippen LogP contribution < -0.4 is 0 Å². The van der Waals surface area contributed by atoms with Crippen LogP contribution in [0.5, 0.6) is 0 Å². The molecule has 0 bridgehead atoms. The quantitative estimate of drug-likeness (QED) is 0.172. The molecule has 4 heterocycles. The van der Waals surface area contributed by atoms with Gasteiger partial charge in [-0.15, -0.1) is 0 Å². The van der Waals surface area contributed by atoms with Crippen LogP contribution >= 0.6 is 0 Å². The summed E-state index contributed by atoms with van der Waals surface area (Å²) in [6, 6.07) is 77.3. The molecule has 2 aliphatic carbocycles. The number of rotatable bonds is 5. The molecule has 2 aliphatic rings. The molecule has 0 saturated heterocycles. The summed E-state index contributed by atoms with van der Waals surface area (Å²) in [6.45, 7) is 0. The summed E-state index contributed by atoms with van der Waals surface area (Å²) in [4.78, 5) is 20.7. The van der Waals surface area contributed by atoms with Crippen LogP contribution in [0.4, 0.5) is 0 Å². The van der Waals surface area contributed by atoms with E-state index in [1.807, 2.05) is 72.8 Å². The van der Waals surface area contributed by atoms with Gasteiger partial charge >= 0.3 is 0 Å². The number of hydrogen-bond acceptors (Lipinski definition) is 5. The number of pyridine rings is 1. The van der Waals surface area contributed by atoms with Gasteiger partial charge in [0, 0.05) is 50.3 Å². The van der Waals surface area contributed by atoms with Gasteiger partial charge in [0.1, 0.15) is 11.2 Å². The molecule has 0 fully saturated rings. The topological polar surface area (TPSA) is 69.6 Å². The summed E-state index contributed by atoms with van der Waals surface area (Å²) in [5, 5.41) is 3.03. The van der Waals surface area contributed by atoms with Crippen molar-refractivity contribution in [2.45, 2.75) is 5.41 Å². The van der Waals surface area contributed by atoms with Gasteiger partial charge < -0.3 is 8.98 Å². The normalized spacial score (nSPS) is 13.0. The Balaban J connectivity index is 0.950. The van der Waals surface area contributed by atoms with Crippen molar-refractivity contribution < 1.29 is 4.42 Å². The van der Waals surface area contributed by atoms with Gasteiger partial charge in [0.15, 0.2) is 17.5 Å². The third-order valence-electron chi connectivity index (χ3n) is 14.5. The Labute approximate surface area is 396 Å². The Morgan fingerprint density at radius 2 is 0.928 bits per heavy atom. The first-order valence-corrected chi connectivity index (χ1v) is 23.4. The maximum atomic E-state index is 6.59. The zero-order valence-electron chi connectivity index (χ0n) is 37.0. The van der Waals surface area contributed by atoms with Crippen LogP contribution in [0.15, 0.2) is 229 Å². The van der Waals surface area contributed by atoms with Gasteiger partial charge in [-0.05, 0) is 92.5 Å². The maximum absolute atomic E-state index is 6.59. The minimum absolute atomic E-state index is 0.501. The third kappa shape index (κ3) is 5.31. The molecule has 6 heteroatoms. The number of fused-ring (bicyclic) bond motifs is 17. The van der Waals surface area contributed by atoms with Crippen LogP contribution in [0.2, 0.25) is 0 Å². The van der Waals surface area contributed by atoms with Crippen LogP contribution in [0.25, 0.3) is 117 Å². The van der Waals surface area contributed by atoms with E-state index >= 15 is 0 Å². The average Bonchev–Trinajstić information content (AvgIpc) is 4.15. The van der Waals surface area contributed by atoms with E-state index in [2.05, 4.69) is 156 Å². The highest BCUT2D eigenvalue weighted by molar-refractivity contribution is 6.16. The van der Waals surface area contributed by atoms with Gasteiger partial charge in [-0.2, -0.15) is 0 Å². The second-order valence-electron chi connectivity index (χ2n) is 18.1. The maximum Gasteiger partial charge on any atom is 0.164 e. The van der Waals surface area contributed by atoms with Gasteiger partial charge in [-0.25, -0.2) is 15.0 Å². The Morgan fingerprint density at radius 3 is 1.59 bits per heavy atom. The Kier molecular flexibility index (Phi) is 7.89. The highest BCUT2D eigenvalue weighted by Gasteiger charge is 2.52. The van der Waals surface area contributed by atoms with Crippen molar-refractivity contribution in [3.63, 3.8) is 0 Å². The molecule has 0 radical (unpaired) electrons. The van der Waals surface area contributed by atoms with Crippen molar-refractivity contribution in [2.75, 3.05) is 0 Å². The molecular weight excluding hydrogens is 843 g/mol. The van der Waals surface area contributed by atoms with E-state index in [4.69, 9.17) is 24.4 Å². The van der Waals surface area contributed by atoms with Gasteiger partial charge in [0.05, 0.1) is 22.0 Å². The van der Waals surface area contributed by atoms with Crippen molar-refractivity contribution in [2.24, 2.45) is 0 Å². The second-order valence-corrected chi connectivity index (χ2v) is 18.1. The Hall–Kier alpha value is -9.26. The van der Waals surface area contributed by atoms with Gasteiger partial charge in [-0.3, -0.25) is 4.98 Å². The van der Waals surface area contributed by atoms with Crippen molar-refractivity contribution >= 4 is 43.9 Å². The molecule has 4 aromatic heterocycles. The summed E-state index contributed by atoms with van der Waals surface area (Å²) >= 11 is 0. The Morgan fingerprint density at radius 1 is 0.391 bits per heavy atom. The Bertz CT molecular complexity index is 4150. The fourth-order valence-electron chi connectivity index (χ4n) is 11.6. The lowest BCUT2D eigenvalue weighted by molar-refractivity contribution is 0.669. The number of benzene rings is 9. The summed E-state index contributed by atoms with van der Waals surface area (Å²) in [6.07, 6.45) is 2.18. The van der Waals surface area contributed by atoms with E-state index < -0.39 is 5.41 Å². The molecule has 0 saturated carbocycles. The van der Waals surface area contributed by atoms with Gasteiger partial charge in [-0.1, -0.05) is 176 Å². The first kappa shape index (κ1) is 37.9. The van der Waals surface area contributed by atoms with E-state index in [1.54, 1.807) is 0 Å². The number of nitrogens with zero attached hydrogens (tertiary/aromatic N) is 5. The highest BCUT2D eigenvalue weighted by atomic mass is 16.3. The van der Waals surface area contributed by atoms with Crippen LogP contribution in [-0.4, -0.2) is 24.5 Å². The molecule has 15 rings (SSSR count). The molecule has 0 unspecified atom stereocenters. The lowest BCUT2D eigenvalue weighted by atomic mass is 9.71.